The number of alkyl halides is 3. The molecule has 1 atom stereocenters. The first-order valence-electron chi connectivity index (χ1n) is 10.0. The molecule has 2 aliphatic rings. The average Bonchev–Trinajstić information content (AvgIpc) is 3.20. The highest BCUT2D eigenvalue weighted by Crippen LogP contribution is 2.36. The molecule has 0 bridgehead atoms. The van der Waals surface area contributed by atoms with Gasteiger partial charge in [-0.15, -0.1) is 0 Å². The highest BCUT2D eigenvalue weighted by Gasteiger charge is 2.33. The number of carbonyl (C=O) groups excluding carboxylic acids is 1. The summed E-state index contributed by atoms with van der Waals surface area (Å²) in [6.07, 6.45) is 0.644. The number of hydrogen-bond acceptors (Lipinski definition) is 4. The molecule has 3 rings (SSSR count). The molecule has 2 saturated heterocycles. The second-order valence-electron chi connectivity index (χ2n) is 7.82. The van der Waals surface area contributed by atoms with E-state index in [1.807, 2.05) is 4.90 Å². The van der Waals surface area contributed by atoms with E-state index in [-0.39, 0.29) is 18.3 Å². The van der Waals surface area contributed by atoms with E-state index >= 15 is 0 Å². The van der Waals surface area contributed by atoms with Crippen LogP contribution in [0.25, 0.3) is 0 Å². The lowest BCUT2D eigenvalue weighted by Gasteiger charge is -2.36. The van der Waals surface area contributed by atoms with Crippen molar-refractivity contribution in [2.45, 2.75) is 44.3 Å². The van der Waals surface area contributed by atoms with Crippen molar-refractivity contribution in [1.82, 2.24) is 9.62 Å². The first kappa shape index (κ1) is 22.7. The van der Waals surface area contributed by atoms with Gasteiger partial charge >= 0.3 is 12.2 Å². The normalized spacial score (nSPS) is 20.5. The third-order valence-corrected chi connectivity index (χ3v) is 6.17. The molecular weight excluding hydrogens is 421 g/mol. The summed E-state index contributed by atoms with van der Waals surface area (Å²) in [6.45, 7) is 1.94. The predicted octanol–water partition coefficient (Wildman–Crippen LogP) is 3.24. The van der Waals surface area contributed by atoms with Crippen LogP contribution >= 0.6 is 0 Å². The van der Waals surface area contributed by atoms with Crippen LogP contribution in [0.1, 0.15) is 37.7 Å². The van der Waals surface area contributed by atoms with Gasteiger partial charge in [-0.25, -0.2) is 17.9 Å². The fourth-order valence-corrected chi connectivity index (χ4v) is 4.46. The van der Waals surface area contributed by atoms with Crippen molar-refractivity contribution >= 4 is 27.4 Å². The van der Waals surface area contributed by atoms with Gasteiger partial charge in [0.2, 0.25) is 10.0 Å². The molecule has 2 aliphatic heterocycles. The maximum atomic E-state index is 13.2. The number of piperidine rings is 1. The summed E-state index contributed by atoms with van der Waals surface area (Å²) in [4.78, 5) is 16.4. The minimum atomic E-state index is -4.52. The third kappa shape index (κ3) is 5.78. The summed E-state index contributed by atoms with van der Waals surface area (Å²) in [6, 6.07) is 2.54. The first-order chi connectivity index (χ1) is 14.0. The molecule has 2 N–H and O–H groups in total. The van der Waals surface area contributed by atoms with Crippen LogP contribution in [0.2, 0.25) is 0 Å². The summed E-state index contributed by atoms with van der Waals surface area (Å²) in [5, 5.41) is 2.66. The van der Waals surface area contributed by atoms with Gasteiger partial charge in [-0.1, -0.05) is 0 Å². The lowest BCUT2D eigenvalue weighted by molar-refractivity contribution is -0.137. The molecule has 11 heteroatoms. The Bertz CT molecular complexity index is 870. The number of amides is 2. The smallest absolute Gasteiger partial charge is 0.370 e. The molecular formula is C19H27F3N4O3S. The Hall–Kier alpha value is -2.01. The standard InChI is InChI=1S/C19H27F3N4O3S/c1-30(28,29)23-13-15-6-2-3-11-26(15)18(27)24-16-12-14(19(20,21)22)7-8-17(16)25-9-4-5-10-25/h7-8,12,15,23H,2-6,9-11,13H2,1H3,(H,24,27)/t15-/m0/s1. The molecule has 2 amide bonds. The molecule has 30 heavy (non-hydrogen) atoms. The van der Waals surface area contributed by atoms with Gasteiger partial charge in [0.25, 0.3) is 0 Å². The molecule has 2 fully saturated rings. The molecule has 1 aromatic rings. The van der Waals surface area contributed by atoms with Gasteiger partial charge in [0.15, 0.2) is 0 Å². The zero-order chi connectivity index (χ0) is 21.9. The Morgan fingerprint density at radius 1 is 1.13 bits per heavy atom. The van der Waals surface area contributed by atoms with Crippen LogP contribution in [0, 0.1) is 0 Å². The van der Waals surface area contributed by atoms with Crippen molar-refractivity contribution < 1.29 is 26.4 Å². The van der Waals surface area contributed by atoms with Gasteiger partial charge in [0, 0.05) is 32.2 Å². The van der Waals surface area contributed by atoms with Crippen LogP contribution in [0.4, 0.5) is 29.3 Å². The molecule has 0 spiro atoms. The van der Waals surface area contributed by atoms with Crippen LogP contribution in [0.3, 0.4) is 0 Å². The van der Waals surface area contributed by atoms with Gasteiger partial charge in [-0.3, -0.25) is 0 Å². The van der Waals surface area contributed by atoms with E-state index in [0.717, 1.165) is 57.2 Å². The summed E-state index contributed by atoms with van der Waals surface area (Å²) >= 11 is 0. The van der Waals surface area contributed by atoms with Crippen LogP contribution in [0.5, 0.6) is 0 Å². The number of nitrogens with one attached hydrogen (secondary N) is 2. The van der Waals surface area contributed by atoms with Gasteiger partial charge in [0.05, 0.1) is 23.2 Å². The van der Waals surface area contributed by atoms with Crippen molar-refractivity contribution in [2.24, 2.45) is 0 Å². The van der Waals surface area contributed by atoms with Crippen molar-refractivity contribution in [3.63, 3.8) is 0 Å². The minimum absolute atomic E-state index is 0.0772. The highest BCUT2D eigenvalue weighted by molar-refractivity contribution is 7.88. The Kier molecular flexibility index (Phi) is 6.81. The molecule has 0 unspecified atom stereocenters. The van der Waals surface area contributed by atoms with Crippen LogP contribution in [-0.2, 0) is 16.2 Å². The number of nitrogens with zero attached hydrogens (tertiary/aromatic N) is 2. The maximum Gasteiger partial charge on any atom is 0.416 e. The van der Waals surface area contributed by atoms with Crippen molar-refractivity contribution in [2.75, 3.05) is 42.7 Å². The lowest BCUT2D eigenvalue weighted by Crippen LogP contribution is -2.50. The lowest BCUT2D eigenvalue weighted by atomic mass is 10.0. The molecule has 7 nitrogen and oxygen atoms in total. The quantitative estimate of drug-likeness (QED) is 0.725. The van der Waals surface area contributed by atoms with Gasteiger partial charge in [-0.05, 0) is 50.3 Å². The monoisotopic (exact) mass is 448 g/mol. The first-order valence-corrected chi connectivity index (χ1v) is 11.9. The van der Waals surface area contributed by atoms with E-state index < -0.39 is 27.8 Å². The molecule has 2 heterocycles. The van der Waals surface area contributed by atoms with E-state index in [9.17, 15) is 26.4 Å². The second kappa shape index (κ2) is 9.01. The predicted molar refractivity (Wildman–Crippen MR) is 109 cm³/mol. The van der Waals surface area contributed by atoms with Gasteiger partial charge in [0.1, 0.15) is 0 Å². The molecule has 0 aromatic heterocycles. The molecule has 0 aliphatic carbocycles. The van der Waals surface area contributed by atoms with Gasteiger partial charge < -0.3 is 15.1 Å². The highest BCUT2D eigenvalue weighted by atomic mass is 32.2. The summed E-state index contributed by atoms with van der Waals surface area (Å²) in [5.74, 6) is 0. The zero-order valence-corrected chi connectivity index (χ0v) is 17.7. The van der Waals surface area contributed by atoms with Crippen molar-refractivity contribution in [3.05, 3.63) is 23.8 Å². The average molecular weight is 449 g/mol. The van der Waals surface area contributed by atoms with E-state index in [1.165, 1.54) is 11.0 Å². The second-order valence-corrected chi connectivity index (χ2v) is 9.65. The summed E-state index contributed by atoms with van der Waals surface area (Å²) in [7, 11) is -3.41. The summed E-state index contributed by atoms with van der Waals surface area (Å²) < 4.78 is 65.0. The number of urea groups is 1. The Morgan fingerprint density at radius 2 is 1.80 bits per heavy atom. The third-order valence-electron chi connectivity index (χ3n) is 5.48. The Balaban J connectivity index is 1.82. The van der Waals surface area contributed by atoms with Crippen LogP contribution in [0.15, 0.2) is 18.2 Å². The van der Waals surface area contributed by atoms with E-state index in [4.69, 9.17) is 0 Å². The largest absolute Gasteiger partial charge is 0.416 e. The van der Waals surface area contributed by atoms with E-state index in [2.05, 4.69) is 10.0 Å². The van der Waals surface area contributed by atoms with Crippen molar-refractivity contribution in [3.8, 4) is 0 Å². The number of hydrogen-bond donors (Lipinski definition) is 2. The molecule has 0 radical (unpaired) electrons. The van der Waals surface area contributed by atoms with Gasteiger partial charge in [-0.2, -0.15) is 13.2 Å². The SMILES string of the molecule is CS(=O)(=O)NC[C@@H]1CCCCN1C(=O)Nc1cc(C(F)(F)F)ccc1N1CCCC1. The Labute approximate surface area is 174 Å². The number of anilines is 2. The number of benzene rings is 1. The van der Waals surface area contributed by atoms with E-state index in [1.54, 1.807) is 0 Å². The van der Waals surface area contributed by atoms with Crippen LogP contribution < -0.4 is 14.9 Å². The topological polar surface area (TPSA) is 81.8 Å². The van der Waals surface area contributed by atoms with Crippen molar-refractivity contribution in [1.29, 1.82) is 0 Å². The number of halogens is 3. The molecule has 1 aromatic carbocycles. The maximum absolute atomic E-state index is 13.2. The number of sulfonamides is 1. The Morgan fingerprint density at radius 3 is 2.43 bits per heavy atom. The van der Waals surface area contributed by atoms with Crippen LogP contribution in [-0.4, -0.2) is 57.8 Å². The molecule has 0 saturated carbocycles. The number of likely N-dealkylation sites (tertiary alicyclic amines) is 1. The summed E-state index contributed by atoms with van der Waals surface area (Å²) in [5.41, 5.74) is -0.136. The number of rotatable bonds is 5. The fourth-order valence-electron chi connectivity index (χ4n) is 3.96. The number of carbonyl (C=O) groups is 1. The minimum Gasteiger partial charge on any atom is -0.370 e. The molecule has 168 valence electrons. The fraction of sp³-hybridized carbons (Fsp3) is 0.632. The van der Waals surface area contributed by atoms with E-state index in [0.29, 0.717) is 18.7 Å². The zero-order valence-electron chi connectivity index (χ0n) is 16.8.